The van der Waals surface area contributed by atoms with Gasteiger partial charge in [-0.3, -0.25) is 0 Å². The molecule has 0 amide bonds. The molecule has 7 atom stereocenters. The average Bonchev–Trinajstić information content (AvgIpc) is 2.97. The fraction of sp³-hybridized carbons (Fsp3) is 0.619. The maximum absolute atomic E-state index is 12.8. The molecule has 3 aliphatic rings. The smallest absolute Gasteiger partial charge is 0.336 e. The van der Waals surface area contributed by atoms with Crippen LogP contribution in [0.1, 0.15) is 32.6 Å². The first-order valence-electron chi connectivity index (χ1n) is 10.0. The summed E-state index contributed by atoms with van der Waals surface area (Å²) in [5.41, 5.74) is 1.73. The Kier molecular flexibility index (Phi) is 7.10. The van der Waals surface area contributed by atoms with E-state index in [0.717, 1.165) is 5.57 Å². The number of aliphatic hydroxyl groups excluding tert-OH is 4. The van der Waals surface area contributed by atoms with Crippen molar-refractivity contribution in [2.75, 3.05) is 6.61 Å². The monoisotopic (exact) mass is 424 g/mol. The molecular weight excluding hydrogens is 396 g/mol. The minimum atomic E-state index is -1.66. The number of ether oxygens (including phenoxy) is 3. The van der Waals surface area contributed by atoms with Gasteiger partial charge in [-0.2, -0.15) is 0 Å². The molecule has 2 saturated heterocycles. The third-order valence-corrected chi connectivity index (χ3v) is 5.79. The third-order valence-electron chi connectivity index (χ3n) is 5.79. The Hall–Kier alpha value is -2.04. The molecule has 0 spiro atoms. The number of rotatable bonds is 3. The zero-order valence-electron chi connectivity index (χ0n) is 16.8. The van der Waals surface area contributed by atoms with E-state index in [4.69, 9.17) is 14.2 Å². The lowest BCUT2D eigenvalue weighted by Gasteiger charge is -2.39. The molecule has 30 heavy (non-hydrogen) atoms. The van der Waals surface area contributed by atoms with Gasteiger partial charge in [0.1, 0.15) is 30.5 Å². The Bertz CT molecular complexity index is 754. The second kappa shape index (κ2) is 9.40. The van der Waals surface area contributed by atoms with Crippen LogP contribution < -0.4 is 0 Å². The van der Waals surface area contributed by atoms with E-state index < -0.39 is 55.4 Å². The Morgan fingerprint density at radius 3 is 2.67 bits per heavy atom. The molecule has 0 aromatic carbocycles. The van der Waals surface area contributed by atoms with E-state index in [-0.39, 0.29) is 5.92 Å². The van der Waals surface area contributed by atoms with Crippen molar-refractivity contribution in [3.63, 3.8) is 0 Å². The van der Waals surface area contributed by atoms with Gasteiger partial charge in [-0.25, -0.2) is 9.59 Å². The minimum Gasteiger partial charge on any atom is -0.454 e. The first kappa shape index (κ1) is 22.6. The van der Waals surface area contributed by atoms with E-state index >= 15 is 0 Å². The largest absolute Gasteiger partial charge is 0.454 e. The van der Waals surface area contributed by atoms with E-state index in [1.54, 1.807) is 6.08 Å². The summed E-state index contributed by atoms with van der Waals surface area (Å²) in [5, 5.41) is 39.1. The number of hydrogen-bond acceptors (Lipinski definition) is 9. The van der Waals surface area contributed by atoms with Crippen LogP contribution in [0.2, 0.25) is 0 Å². The predicted octanol–water partition coefficient (Wildman–Crippen LogP) is -0.126. The SMILES string of the molecule is C=C1C(=O)O[C@@H]2/C=C(\C)CC/C=C(/C(=O)O[C@@H]3O[C@H](CO)[C@@H](O)[C@H](O)[C@H]3O)CC[C@@H]12. The summed E-state index contributed by atoms with van der Waals surface area (Å²) in [7, 11) is 0. The van der Waals surface area contributed by atoms with Gasteiger partial charge in [0.2, 0.25) is 6.29 Å². The summed E-state index contributed by atoms with van der Waals surface area (Å²) in [5.74, 6) is -1.44. The molecule has 3 rings (SSSR count). The quantitative estimate of drug-likeness (QED) is 0.277. The Balaban J connectivity index is 1.72. The fourth-order valence-corrected chi connectivity index (χ4v) is 3.90. The number of fused-ring (bicyclic) bond motifs is 1. The summed E-state index contributed by atoms with van der Waals surface area (Å²) in [4.78, 5) is 24.7. The van der Waals surface area contributed by atoms with E-state index in [9.17, 15) is 30.0 Å². The van der Waals surface area contributed by atoms with E-state index in [2.05, 4.69) is 6.58 Å². The molecule has 2 fully saturated rings. The van der Waals surface area contributed by atoms with Crippen LogP contribution >= 0.6 is 0 Å². The van der Waals surface area contributed by atoms with Gasteiger partial charge in [0, 0.05) is 17.1 Å². The van der Waals surface area contributed by atoms with E-state index in [0.29, 0.717) is 36.8 Å². The summed E-state index contributed by atoms with van der Waals surface area (Å²) in [6, 6.07) is 0. The van der Waals surface area contributed by atoms with Crippen molar-refractivity contribution in [3.05, 3.63) is 35.5 Å². The molecule has 0 aromatic heterocycles. The van der Waals surface area contributed by atoms with Gasteiger partial charge in [0.15, 0.2) is 0 Å². The van der Waals surface area contributed by atoms with Crippen LogP contribution in [0.4, 0.5) is 0 Å². The van der Waals surface area contributed by atoms with Crippen LogP contribution in [0.3, 0.4) is 0 Å². The van der Waals surface area contributed by atoms with Crippen molar-refractivity contribution < 1.29 is 44.2 Å². The molecule has 4 N–H and O–H groups in total. The molecule has 0 unspecified atom stereocenters. The molecule has 0 saturated carbocycles. The molecule has 0 aromatic rings. The van der Waals surface area contributed by atoms with E-state index in [1.165, 1.54) is 0 Å². The zero-order chi connectivity index (χ0) is 22.0. The molecule has 2 heterocycles. The van der Waals surface area contributed by atoms with Crippen LogP contribution in [0.5, 0.6) is 0 Å². The number of allylic oxidation sites excluding steroid dienone is 2. The fourth-order valence-electron chi connectivity index (χ4n) is 3.90. The van der Waals surface area contributed by atoms with E-state index in [1.807, 2.05) is 13.0 Å². The lowest BCUT2D eigenvalue weighted by molar-refractivity contribution is -0.291. The van der Waals surface area contributed by atoms with Gasteiger partial charge < -0.3 is 34.6 Å². The second-order valence-corrected chi connectivity index (χ2v) is 7.92. The van der Waals surface area contributed by atoms with Crippen LogP contribution in [0.15, 0.2) is 35.5 Å². The summed E-state index contributed by atoms with van der Waals surface area (Å²) in [6.07, 6.45) is -2.34. The molecule has 166 valence electrons. The topological polar surface area (TPSA) is 143 Å². The first-order valence-corrected chi connectivity index (χ1v) is 10.0. The highest BCUT2D eigenvalue weighted by Crippen LogP contribution is 2.34. The predicted molar refractivity (Wildman–Crippen MR) is 103 cm³/mol. The van der Waals surface area contributed by atoms with Crippen LogP contribution in [-0.4, -0.2) is 75.8 Å². The molecular formula is C21H28O9. The molecule has 0 radical (unpaired) electrons. The van der Waals surface area contributed by atoms with Crippen LogP contribution in [-0.2, 0) is 23.8 Å². The summed E-state index contributed by atoms with van der Waals surface area (Å²) in [6.45, 7) is 5.12. The average molecular weight is 424 g/mol. The van der Waals surface area contributed by atoms with Crippen molar-refractivity contribution in [3.8, 4) is 0 Å². The molecule has 1 aliphatic carbocycles. The van der Waals surface area contributed by atoms with Gasteiger partial charge in [-0.05, 0) is 38.7 Å². The third kappa shape index (κ3) is 4.65. The highest BCUT2D eigenvalue weighted by molar-refractivity contribution is 5.91. The lowest BCUT2D eigenvalue weighted by Crippen LogP contribution is -2.59. The van der Waals surface area contributed by atoms with Crippen molar-refractivity contribution in [2.45, 2.75) is 69.4 Å². The second-order valence-electron chi connectivity index (χ2n) is 7.92. The van der Waals surface area contributed by atoms with Crippen molar-refractivity contribution in [1.29, 1.82) is 0 Å². The number of hydrogen-bond donors (Lipinski definition) is 4. The number of carbonyl (C=O) groups is 2. The molecule has 9 heteroatoms. The van der Waals surface area contributed by atoms with Gasteiger partial charge in [-0.1, -0.05) is 18.2 Å². The van der Waals surface area contributed by atoms with Crippen molar-refractivity contribution >= 4 is 11.9 Å². The normalized spacial score (nSPS) is 41.0. The van der Waals surface area contributed by atoms with Gasteiger partial charge in [-0.15, -0.1) is 0 Å². The highest BCUT2D eigenvalue weighted by atomic mass is 16.7. The van der Waals surface area contributed by atoms with Crippen molar-refractivity contribution in [2.24, 2.45) is 5.92 Å². The summed E-state index contributed by atoms with van der Waals surface area (Å²) >= 11 is 0. The Morgan fingerprint density at radius 2 is 1.97 bits per heavy atom. The number of carbonyl (C=O) groups excluding carboxylic acids is 2. The van der Waals surface area contributed by atoms with Gasteiger partial charge >= 0.3 is 11.9 Å². The molecule has 9 nitrogen and oxygen atoms in total. The number of esters is 2. The molecule has 2 aliphatic heterocycles. The maximum Gasteiger partial charge on any atom is 0.336 e. The lowest BCUT2D eigenvalue weighted by atomic mass is 9.88. The van der Waals surface area contributed by atoms with Gasteiger partial charge in [0.05, 0.1) is 6.61 Å². The maximum atomic E-state index is 12.8. The standard InChI is InChI=1S/C21H28O9/c1-10-4-3-5-12(6-7-13-11(2)19(26)28-14(13)8-10)20(27)30-21-18(25)17(24)16(23)15(9-22)29-21/h5,8,13-18,21-25H,2-4,6-7,9H2,1H3/b10-8+,12-5+/t13-,14+,15+,16+,17-,18+,21-/m0/s1. The zero-order valence-corrected chi connectivity index (χ0v) is 16.8. The Morgan fingerprint density at radius 1 is 1.23 bits per heavy atom. The highest BCUT2D eigenvalue weighted by Gasteiger charge is 2.45. The van der Waals surface area contributed by atoms with Crippen LogP contribution in [0.25, 0.3) is 0 Å². The molecule has 0 bridgehead atoms. The van der Waals surface area contributed by atoms with Gasteiger partial charge in [0.25, 0.3) is 0 Å². The summed E-state index contributed by atoms with van der Waals surface area (Å²) < 4.78 is 15.9. The van der Waals surface area contributed by atoms with Crippen LogP contribution in [0, 0.1) is 5.92 Å². The number of aliphatic hydroxyl groups is 4. The minimum absolute atomic E-state index is 0.256. The Labute approximate surface area is 174 Å². The van der Waals surface area contributed by atoms with Crippen molar-refractivity contribution in [1.82, 2.24) is 0 Å². The first-order chi connectivity index (χ1) is 14.2.